The van der Waals surface area contributed by atoms with Crippen LogP contribution in [-0.4, -0.2) is 32.0 Å². The van der Waals surface area contributed by atoms with Gasteiger partial charge in [0.15, 0.2) is 6.23 Å². The van der Waals surface area contributed by atoms with Crippen molar-refractivity contribution in [3.05, 3.63) is 16.9 Å². The summed E-state index contributed by atoms with van der Waals surface area (Å²) in [7, 11) is 1.67. The first kappa shape index (κ1) is 10.1. The first-order valence-corrected chi connectivity index (χ1v) is 4.63. The topological polar surface area (TPSA) is 71.2 Å². The summed E-state index contributed by atoms with van der Waals surface area (Å²) in [6, 6.07) is 0. The maximum Gasteiger partial charge on any atom is 0.274 e. The molecule has 0 radical (unpaired) electrons. The van der Waals surface area contributed by atoms with Gasteiger partial charge in [0.25, 0.3) is 11.9 Å². The van der Waals surface area contributed by atoms with Crippen LogP contribution >= 0.6 is 11.6 Å². The molecule has 0 saturated carbocycles. The SMILES string of the molecule is CC1=C(Cl)C(=O)N(c2ncn(C)n2)C1O. The smallest absolute Gasteiger partial charge is 0.274 e. The van der Waals surface area contributed by atoms with E-state index in [9.17, 15) is 9.90 Å². The number of nitrogens with zero attached hydrogens (tertiary/aromatic N) is 4. The molecule has 0 fully saturated rings. The molecule has 1 unspecified atom stereocenters. The average Bonchev–Trinajstić information content (AvgIpc) is 2.68. The Morgan fingerprint density at radius 3 is 2.67 bits per heavy atom. The van der Waals surface area contributed by atoms with Gasteiger partial charge in [-0.3, -0.25) is 9.48 Å². The molecule has 1 aromatic heterocycles. The van der Waals surface area contributed by atoms with Crippen molar-refractivity contribution in [3.8, 4) is 0 Å². The second-order valence-corrected chi connectivity index (χ2v) is 3.64. The van der Waals surface area contributed by atoms with Crippen molar-refractivity contribution in [1.29, 1.82) is 0 Å². The maximum atomic E-state index is 11.6. The molecular formula is C8H9ClN4O2. The molecule has 0 bridgehead atoms. The van der Waals surface area contributed by atoms with Gasteiger partial charge in [-0.2, -0.15) is 4.98 Å². The van der Waals surface area contributed by atoms with Gasteiger partial charge in [-0.05, 0) is 6.92 Å². The van der Waals surface area contributed by atoms with Crippen molar-refractivity contribution in [2.45, 2.75) is 13.2 Å². The predicted octanol–water partition coefficient (Wildman–Crippen LogP) is -0.00710. The second-order valence-electron chi connectivity index (χ2n) is 3.26. The summed E-state index contributed by atoms with van der Waals surface area (Å²) in [6.45, 7) is 1.59. The molecule has 2 rings (SSSR count). The van der Waals surface area contributed by atoms with Crippen LogP contribution in [0.2, 0.25) is 0 Å². The zero-order chi connectivity index (χ0) is 11.2. The average molecular weight is 229 g/mol. The molecular weight excluding hydrogens is 220 g/mol. The zero-order valence-electron chi connectivity index (χ0n) is 8.18. The number of carbonyl (C=O) groups is 1. The van der Waals surface area contributed by atoms with Crippen LogP contribution < -0.4 is 4.90 Å². The summed E-state index contributed by atoms with van der Waals surface area (Å²) >= 11 is 5.73. The van der Waals surface area contributed by atoms with Crippen LogP contribution in [0, 0.1) is 0 Å². The van der Waals surface area contributed by atoms with Gasteiger partial charge in [0.2, 0.25) is 0 Å². The summed E-state index contributed by atoms with van der Waals surface area (Å²) in [5, 5.41) is 13.7. The molecule has 80 valence electrons. The number of amides is 1. The van der Waals surface area contributed by atoms with E-state index in [2.05, 4.69) is 10.1 Å². The summed E-state index contributed by atoms with van der Waals surface area (Å²) < 4.78 is 1.44. The van der Waals surface area contributed by atoms with Gasteiger partial charge in [0.05, 0.1) is 0 Å². The third-order valence-electron chi connectivity index (χ3n) is 2.19. The van der Waals surface area contributed by atoms with Gasteiger partial charge in [-0.15, -0.1) is 5.10 Å². The van der Waals surface area contributed by atoms with Crippen LogP contribution in [0.1, 0.15) is 6.92 Å². The number of anilines is 1. The summed E-state index contributed by atoms with van der Waals surface area (Å²) in [6.07, 6.45) is 0.365. The normalized spacial score (nSPS) is 21.7. The summed E-state index contributed by atoms with van der Waals surface area (Å²) in [5.74, 6) is -0.335. The number of aromatic nitrogens is 3. The van der Waals surface area contributed by atoms with E-state index in [1.807, 2.05) is 0 Å². The van der Waals surface area contributed by atoms with Gasteiger partial charge in [-0.1, -0.05) is 11.6 Å². The van der Waals surface area contributed by atoms with Crippen LogP contribution in [0.3, 0.4) is 0 Å². The summed E-state index contributed by atoms with van der Waals surface area (Å²) in [5.41, 5.74) is 0.411. The number of aliphatic hydroxyl groups is 1. The molecule has 15 heavy (non-hydrogen) atoms. The van der Waals surface area contributed by atoms with Crippen molar-refractivity contribution in [3.63, 3.8) is 0 Å². The van der Waals surface area contributed by atoms with Gasteiger partial charge in [0, 0.05) is 12.6 Å². The zero-order valence-corrected chi connectivity index (χ0v) is 8.93. The van der Waals surface area contributed by atoms with Crippen LogP contribution in [0.15, 0.2) is 16.9 Å². The minimum absolute atomic E-state index is 0.0231. The van der Waals surface area contributed by atoms with E-state index in [0.717, 1.165) is 4.90 Å². The van der Waals surface area contributed by atoms with Crippen molar-refractivity contribution < 1.29 is 9.90 Å². The first-order valence-electron chi connectivity index (χ1n) is 4.26. The van der Waals surface area contributed by atoms with E-state index in [1.54, 1.807) is 14.0 Å². The molecule has 2 heterocycles. The molecule has 1 aliphatic heterocycles. The molecule has 7 heteroatoms. The fourth-order valence-corrected chi connectivity index (χ4v) is 1.52. The van der Waals surface area contributed by atoms with Crippen LogP contribution in [-0.2, 0) is 11.8 Å². The van der Waals surface area contributed by atoms with Gasteiger partial charge < -0.3 is 5.11 Å². The van der Waals surface area contributed by atoms with E-state index in [-0.39, 0.29) is 11.0 Å². The quantitative estimate of drug-likeness (QED) is 0.734. The first-order chi connectivity index (χ1) is 7.02. The van der Waals surface area contributed by atoms with E-state index in [1.165, 1.54) is 11.0 Å². The third-order valence-corrected chi connectivity index (χ3v) is 2.65. The van der Waals surface area contributed by atoms with Gasteiger partial charge in [0.1, 0.15) is 11.4 Å². The highest BCUT2D eigenvalue weighted by Gasteiger charge is 2.38. The lowest BCUT2D eigenvalue weighted by atomic mass is 10.3. The molecule has 1 atom stereocenters. The largest absolute Gasteiger partial charge is 0.369 e. The van der Waals surface area contributed by atoms with E-state index in [4.69, 9.17) is 11.6 Å². The van der Waals surface area contributed by atoms with Gasteiger partial charge in [-0.25, -0.2) is 4.90 Å². The number of rotatable bonds is 1. The third kappa shape index (κ3) is 1.42. The molecule has 1 aliphatic rings. The van der Waals surface area contributed by atoms with E-state index in [0.29, 0.717) is 5.57 Å². The summed E-state index contributed by atoms with van der Waals surface area (Å²) in [4.78, 5) is 16.6. The molecule has 0 aromatic carbocycles. The standard InChI is InChI=1S/C8H9ClN4O2/c1-4-5(9)7(15)13(6(4)14)8-10-3-12(2)11-8/h3,6,14H,1-2H3. The number of halogens is 1. The van der Waals surface area contributed by atoms with Crippen LogP contribution in [0.5, 0.6) is 0 Å². The van der Waals surface area contributed by atoms with Gasteiger partial charge >= 0.3 is 0 Å². The highest BCUT2D eigenvalue weighted by Crippen LogP contribution is 2.29. The number of hydrogen-bond acceptors (Lipinski definition) is 4. The van der Waals surface area contributed by atoms with Crippen LogP contribution in [0.25, 0.3) is 0 Å². The Bertz CT molecular complexity index is 453. The Morgan fingerprint density at radius 2 is 2.27 bits per heavy atom. The van der Waals surface area contributed by atoms with Crippen molar-refractivity contribution in [2.75, 3.05) is 4.90 Å². The second kappa shape index (κ2) is 3.32. The Hall–Kier alpha value is -1.40. The fourth-order valence-electron chi connectivity index (χ4n) is 1.33. The monoisotopic (exact) mass is 228 g/mol. The Balaban J connectivity index is 2.38. The molecule has 0 saturated heterocycles. The molecule has 0 spiro atoms. The maximum absolute atomic E-state index is 11.6. The van der Waals surface area contributed by atoms with Crippen molar-refractivity contribution in [2.24, 2.45) is 7.05 Å². The molecule has 1 N–H and O–H groups in total. The Morgan fingerprint density at radius 1 is 1.60 bits per heavy atom. The lowest BCUT2D eigenvalue weighted by Crippen LogP contribution is -2.36. The number of aliphatic hydroxyl groups excluding tert-OH is 1. The molecule has 1 aromatic rings. The minimum atomic E-state index is -1.08. The highest BCUT2D eigenvalue weighted by atomic mass is 35.5. The van der Waals surface area contributed by atoms with Crippen LogP contribution in [0.4, 0.5) is 5.95 Å². The minimum Gasteiger partial charge on any atom is -0.369 e. The van der Waals surface area contributed by atoms with Crippen molar-refractivity contribution >= 4 is 23.5 Å². The van der Waals surface area contributed by atoms with Crippen molar-refractivity contribution in [1.82, 2.24) is 14.8 Å². The highest BCUT2D eigenvalue weighted by molar-refractivity contribution is 6.45. The fraction of sp³-hybridized carbons (Fsp3) is 0.375. The lowest BCUT2D eigenvalue weighted by molar-refractivity contribution is -0.115. The number of aryl methyl sites for hydroxylation is 1. The lowest BCUT2D eigenvalue weighted by Gasteiger charge is -2.17. The van der Waals surface area contributed by atoms with E-state index < -0.39 is 12.1 Å². The predicted molar refractivity (Wildman–Crippen MR) is 53.0 cm³/mol. The van der Waals surface area contributed by atoms with E-state index >= 15 is 0 Å². The molecule has 0 aliphatic carbocycles. The molecule has 1 amide bonds. The molecule has 6 nitrogen and oxygen atoms in total. The Kier molecular flexibility index (Phi) is 2.24. The number of hydrogen-bond donors (Lipinski definition) is 1. The number of carbonyl (C=O) groups excluding carboxylic acids is 1. The Labute approximate surface area is 90.8 Å².